The molecule has 0 spiro atoms. The highest BCUT2D eigenvalue weighted by molar-refractivity contribution is 7.47. The van der Waals surface area contributed by atoms with Crippen LogP contribution >= 0.6 is 15.6 Å². The van der Waals surface area contributed by atoms with Gasteiger partial charge in [-0.3, -0.25) is 37.3 Å². The van der Waals surface area contributed by atoms with Crippen LogP contribution in [0.15, 0.2) is 24.3 Å². The van der Waals surface area contributed by atoms with Gasteiger partial charge in [-0.25, -0.2) is 9.13 Å². The number of ether oxygens (including phenoxy) is 4. The van der Waals surface area contributed by atoms with Gasteiger partial charge < -0.3 is 33.8 Å². The average Bonchev–Trinajstić information content (AvgIpc) is 0.905. The normalized spacial score (nSPS) is 13.8. The maximum absolute atomic E-state index is 13.2. The highest BCUT2D eigenvalue weighted by Gasteiger charge is 2.30. The summed E-state index contributed by atoms with van der Waals surface area (Å²) in [4.78, 5) is 73.3. The fourth-order valence-corrected chi connectivity index (χ4v) is 15.2. The van der Waals surface area contributed by atoms with Crippen molar-refractivity contribution >= 4 is 39.5 Å². The van der Waals surface area contributed by atoms with E-state index >= 15 is 0 Å². The molecular weight excluding hydrogens is 1410 g/mol. The summed E-state index contributed by atoms with van der Waals surface area (Å²) in [5, 5.41) is 10.7. The molecule has 3 N–H and O–H groups in total. The molecular formula is C90H172O17P2. The lowest BCUT2D eigenvalue weighted by Crippen LogP contribution is -2.30. The number of aliphatic hydroxyl groups is 1. The Labute approximate surface area is 669 Å². The second kappa shape index (κ2) is 82.1. The van der Waals surface area contributed by atoms with Crippen LogP contribution < -0.4 is 0 Å². The molecule has 0 heterocycles. The van der Waals surface area contributed by atoms with Gasteiger partial charge in [0.1, 0.15) is 19.3 Å². The fourth-order valence-electron chi connectivity index (χ4n) is 13.6. The Morgan fingerprint density at radius 2 is 0.495 bits per heavy atom. The van der Waals surface area contributed by atoms with Gasteiger partial charge >= 0.3 is 39.5 Å². The Morgan fingerprint density at radius 3 is 0.752 bits per heavy atom. The van der Waals surface area contributed by atoms with Crippen LogP contribution in [0.25, 0.3) is 0 Å². The van der Waals surface area contributed by atoms with Crippen molar-refractivity contribution in [2.45, 2.75) is 483 Å². The van der Waals surface area contributed by atoms with E-state index in [9.17, 15) is 43.2 Å². The second-order valence-electron chi connectivity index (χ2n) is 32.1. The van der Waals surface area contributed by atoms with Crippen LogP contribution in [0.5, 0.6) is 0 Å². The molecule has 0 aliphatic heterocycles. The molecule has 0 bridgehead atoms. The molecule has 0 aromatic carbocycles. The van der Waals surface area contributed by atoms with Crippen molar-refractivity contribution in [3.8, 4) is 0 Å². The van der Waals surface area contributed by atoms with Gasteiger partial charge in [0, 0.05) is 25.7 Å². The molecule has 0 aliphatic carbocycles. The number of aliphatic hydroxyl groups excluding tert-OH is 1. The Hall–Kier alpha value is -2.46. The number of carbonyl (C=O) groups excluding carboxylic acids is 4. The maximum atomic E-state index is 13.2. The van der Waals surface area contributed by atoms with E-state index in [4.69, 9.17) is 37.0 Å². The van der Waals surface area contributed by atoms with Gasteiger partial charge in [0.25, 0.3) is 0 Å². The lowest BCUT2D eigenvalue weighted by Gasteiger charge is -2.21. The minimum absolute atomic E-state index is 0.0859. The number of phosphoric ester groups is 2. The molecule has 2 unspecified atom stereocenters. The van der Waals surface area contributed by atoms with Gasteiger partial charge in [0.05, 0.1) is 26.4 Å². The number of carbonyl (C=O) groups is 4. The quantitative estimate of drug-likeness (QED) is 0.0169. The number of allylic oxidation sites excluding steroid dienone is 4. The molecule has 5 atom stereocenters. The van der Waals surface area contributed by atoms with E-state index in [0.29, 0.717) is 25.7 Å². The first-order valence-electron chi connectivity index (χ1n) is 46.0. The largest absolute Gasteiger partial charge is 0.472 e. The van der Waals surface area contributed by atoms with E-state index in [2.05, 4.69) is 58.9 Å². The number of phosphoric acid groups is 2. The van der Waals surface area contributed by atoms with Gasteiger partial charge in [0.15, 0.2) is 12.2 Å². The molecule has 17 nitrogen and oxygen atoms in total. The predicted molar refractivity (Wildman–Crippen MR) is 451 cm³/mol. The molecule has 0 aromatic rings. The van der Waals surface area contributed by atoms with Crippen molar-refractivity contribution in [1.29, 1.82) is 0 Å². The van der Waals surface area contributed by atoms with Crippen LogP contribution in [0.3, 0.4) is 0 Å². The minimum atomic E-state index is -4.97. The van der Waals surface area contributed by atoms with E-state index in [0.717, 1.165) is 109 Å². The highest BCUT2D eigenvalue weighted by Crippen LogP contribution is 2.45. The molecule has 0 amide bonds. The molecule has 0 saturated heterocycles. The summed E-state index contributed by atoms with van der Waals surface area (Å²) in [6.45, 7) is 7.35. The fraction of sp³-hybridized carbons (Fsp3) is 0.911. The van der Waals surface area contributed by atoms with Crippen molar-refractivity contribution in [3.63, 3.8) is 0 Å². The van der Waals surface area contributed by atoms with Gasteiger partial charge in [-0.2, -0.15) is 0 Å². The van der Waals surface area contributed by atoms with Crippen LogP contribution in [0.1, 0.15) is 465 Å². The van der Waals surface area contributed by atoms with Crippen LogP contribution in [-0.2, 0) is 65.4 Å². The van der Waals surface area contributed by atoms with E-state index < -0.39 is 97.5 Å². The molecule has 0 radical (unpaired) electrons. The first-order valence-corrected chi connectivity index (χ1v) is 48.9. The molecule has 19 heteroatoms. The van der Waals surface area contributed by atoms with Crippen molar-refractivity contribution in [2.75, 3.05) is 39.6 Å². The molecule has 644 valence electrons. The van der Waals surface area contributed by atoms with Gasteiger partial charge in [-0.15, -0.1) is 0 Å². The summed E-state index contributed by atoms with van der Waals surface area (Å²) in [5.41, 5.74) is 0. The zero-order valence-electron chi connectivity index (χ0n) is 71.2. The third kappa shape index (κ3) is 83.3. The van der Waals surface area contributed by atoms with Crippen molar-refractivity contribution < 1.29 is 80.2 Å². The first-order chi connectivity index (χ1) is 53.0. The van der Waals surface area contributed by atoms with E-state index in [1.807, 2.05) is 0 Å². The zero-order valence-corrected chi connectivity index (χ0v) is 73.0. The summed E-state index contributed by atoms with van der Waals surface area (Å²) in [7, 11) is -9.94. The molecule has 0 rings (SSSR count). The number of unbranched alkanes of at least 4 members (excludes halogenated alkanes) is 57. The van der Waals surface area contributed by atoms with Gasteiger partial charge in [0.2, 0.25) is 0 Å². The topological polar surface area (TPSA) is 237 Å². The molecule has 0 saturated carbocycles. The smallest absolute Gasteiger partial charge is 0.462 e. The summed E-state index contributed by atoms with van der Waals surface area (Å²) in [6, 6.07) is 0. The van der Waals surface area contributed by atoms with Crippen molar-refractivity contribution in [3.05, 3.63) is 24.3 Å². The van der Waals surface area contributed by atoms with Crippen LogP contribution in [0.4, 0.5) is 0 Å². The van der Waals surface area contributed by atoms with Crippen LogP contribution in [0.2, 0.25) is 0 Å². The summed E-state index contributed by atoms with van der Waals surface area (Å²) in [6.07, 6.45) is 80.0. The summed E-state index contributed by atoms with van der Waals surface area (Å²) >= 11 is 0. The number of hydrogen-bond acceptors (Lipinski definition) is 15. The Bertz CT molecular complexity index is 2160. The average molecular weight is 1590 g/mol. The van der Waals surface area contributed by atoms with Gasteiger partial charge in [-0.1, -0.05) is 412 Å². The Balaban J connectivity index is 5.26. The van der Waals surface area contributed by atoms with Crippen LogP contribution in [0, 0.1) is 5.92 Å². The minimum Gasteiger partial charge on any atom is -0.462 e. The Kier molecular flexibility index (Phi) is 80.2. The third-order valence-electron chi connectivity index (χ3n) is 20.7. The van der Waals surface area contributed by atoms with E-state index in [1.54, 1.807) is 0 Å². The lowest BCUT2D eigenvalue weighted by molar-refractivity contribution is -0.161. The molecule has 0 fully saturated rings. The summed E-state index contributed by atoms with van der Waals surface area (Å²) in [5.74, 6) is -1.31. The summed E-state index contributed by atoms with van der Waals surface area (Å²) < 4.78 is 69.0. The van der Waals surface area contributed by atoms with Gasteiger partial charge in [-0.05, 0) is 57.3 Å². The second-order valence-corrected chi connectivity index (χ2v) is 35.0. The Morgan fingerprint density at radius 1 is 0.284 bits per heavy atom. The maximum Gasteiger partial charge on any atom is 0.472 e. The predicted octanol–water partition coefficient (Wildman–Crippen LogP) is 27.5. The van der Waals surface area contributed by atoms with E-state index in [1.165, 1.54) is 276 Å². The highest BCUT2D eigenvalue weighted by atomic mass is 31.2. The number of hydrogen-bond donors (Lipinski definition) is 3. The standard InChI is InChI=1S/C90H172O17P2/c1-6-9-12-15-18-21-24-27-29-30-31-32-33-37-41-44-49-54-59-64-69-74-88(93)101-80-86(107-90(95)76-71-66-61-56-51-46-42-38-35-34-36-40-43-47-52-57-62-67-72-83(4)5)82-105-109(98,99)103-78-84(91)77-102-108(96,97)104-81-85(79-100-87(92)73-68-63-58-53-48-26-23-20-17-14-11-8-3)106-89(94)75-70-65-60-55-50-45-39-28-25-22-19-16-13-10-7-2/h22,25,28,39,83-86,91H,6-21,23-24,26-27,29-38,40-82H2,1-5H3,(H,96,97)(H,98,99)/b25-22-,39-28-/t84-,85+,86+/m0/s1. The molecule has 0 aromatic heterocycles. The number of rotatable bonds is 88. The zero-order chi connectivity index (χ0) is 79.7. The number of esters is 4. The van der Waals surface area contributed by atoms with Crippen LogP contribution in [-0.4, -0.2) is 96.7 Å². The monoisotopic (exact) mass is 1590 g/mol. The van der Waals surface area contributed by atoms with Crippen molar-refractivity contribution in [2.24, 2.45) is 5.92 Å². The van der Waals surface area contributed by atoms with E-state index in [-0.39, 0.29) is 25.7 Å². The lowest BCUT2D eigenvalue weighted by atomic mass is 10.0. The SMILES string of the molecule is CCCCCC/C=C\C=C/CCCCCCCC(=O)O[C@H](COC(=O)CCCCCCCCCCCCCC)COP(=O)(O)OC[C@H](O)COP(=O)(O)OC[C@@H](COC(=O)CCCCCCCCCCCCCCCCCCCCCCC)OC(=O)CCCCCCCCCCCCCCCCCCCCC(C)C. The molecule has 109 heavy (non-hydrogen) atoms. The molecule has 0 aliphatic rings. The first kappa shape index (κ1) is 107. The third-order valence-corrected chi connectivity index (χ3v) is 22.6. The van der Waals surface area contributed by atoms with Crippen molar-refractivity contribution in [1.82, 2.24) is 0 Å².